The number of nitrogens with zero attached hydrogens (tertiary/aromatic N) is 3. The molecule has 158 valence electrons. The van der Waals surface area contributed by atoms with Crippen LogP contribution in [-0.4, -0.2) is 49.0 Å². The number of hydrogen-bond donors (Lipinski definition) is 5. The largest absolute Gasteiger partial charge is 0.409 e. The molecule has 5 N–H and O–H groups in total. The number of benzene rings is 1. The summed E-state index contributed by atoms with van der Waals surface area (Å²) in [5.41, 5.74) is 0.463. The molecule has 1 aliphatic rings. The summed E-state index contributed by atoms with van der Waals surface area (Å²) in [6.45, 7) is 0.0930. The molecule has 2 aromatic rings. The first-order valence-electron chi connectivity index (χ1n) is 8.30. The van der Waals surface area contributed by atoms with E-state index >= 15 is 0 Å². The van der Waals surface area contributed by atoms with E-state index in [4.69, 9.17) is 4.84 Å². The van der Waals surface area contributed by atoms with Crippen LogP contribution in [-0.2, 0) is 15.0 Å². The molecule has 1 aromatic heterocycles. The zero-order valence-electron chi connectivity index (χ0n) is 14.7. The molecule has 0 bridgehead atoms. The third-order valence-corrected chi connectivity index (χ3v) is 5.15. The SMILES string of the molecule is O=S(=O)(NOCCNc1nonc1/C(=N/O)Nc1ccc(F)c(Br)c1)NC1CC1. The van der Waals surface area contributed by atoms with Crippen LogP contribution < -0.4 is 20.2 Å². The smallest absolute Gasteiger partial charge is 0.299 e. The Balaban J connectivity index is 1.51. The Kier molecular flexibility index (Phi) is 6.96. The summed E-state index contributed by atoms with van der Waals surface area (Å²) in [6, 6.07) is 4.06. The molecule has 0 unspecified atom stereocenters. The average molecular weight is 494 g/mol. The minimum absolute atomic E-state index is 0.0385. The van der Waals surface area contributed by atoms with Crippen molar-refractivity contribution in [2.75, 3.05) is 23.8 Å². The van der Waals surface area contributed by atoms with Crippen LogP contribution >= 0.6 is 15.9 Å². The lowest BCUT2D eigenvalue weighted by Gasteiger charge is -2.09. The van der Waals surface area contributed by atoms with E-state index in [1.165, 1.54) is 18.2 Å². The van der Waals surface area contributed by atoms with Crippen LogP contribution in [0.3, 0.4) is 0 Å². The molecule has 0 spiro atoms. The number of hydrogen-bond acceptors (Lipinski definition) is 9. The molecule has 3 rings (SSSR count). The second-order valence-electron chi connectivity index (χ2n) is 5.92. The van der Waals surface area contributed by atoms with Gasteiger partial charge in [-0.25, -0.2) is 9.02 Å². The fourth-order valence-electron chi connectivity index (χ4n) is 2.09. The highest BCUT2D eigenvalue weighted by Gasteiger charge is 2.26. The van der Waals surface area contributed by atoms with Crippen LogP contribution in [0.5, 0.6) is 0 Å². The molecule has 0 radical (unpaired) electrons. The van der Waals surface area contributed by atoms with Gasteiger partial charge >= 0.3 is 0 Å². The van der Waals surface area contributed by atoms with E-state index in [9.17, 15) is 18.0 Å². The molecular formula is C14H17BrFN7O5S. The summed E-state index contributed by atoms with van der Waals surface area (Å²) in [5, 5.41) is 25.2. The Hall–Kier alpha value is -2.33. The molecule has 1 heterocycles. The molecule has 0 saturated heterocycles. The topological polar surface area (TPSA) is 163 Å². The molecular weight excluding hydrogens is 477 g/mol. The highest BCUT2D eigenvalue weighted by Crippen LogP contribution is 2.21. The second kappa shape index (κ2) is 9.45. The van der Waals surface area contributed by atoms with Crippen LogP contribution in [0.4, 0.5) is 15.9 Å². The van der Waals surface area contributed by atoms with Crippen molar-refractivity contribution in [2.24, 2.45) is 5.16 Å². The molecule has 0 aliphatic heterocycles. The van der Waals surface area contributed by atoms with Crippen molar-refractivity contribution in [3.8, 4) is 0 Å². The monoisotopic (exact) mass is 493 g/mol. The summed E-state index contributed by atoms with van der Waals surface area (Å²) < 4.78 is 43.8. The first-order chi connectivity index (χ1) is 13.9. The number of aromatic nitrogens is 2. The van der Waals surface area contributed by atoms with Crippen molar-refractivity contribution < 1.29 is 27.5 Å². The number of halogens is 2. The Morgan fingerprint density at radius 3 is 2.90 bits per heavy atom. The minimum atomic E-state index is -3.71. The third-order valence-electron chi connectivity index (χ3n) is 3.56. The maximum absolute atomic E-state index is 13.3. The minimum Gasteiger partial charge on any atom is -0.409 e. The summed E-state index contributed by atoms with van der Waals surface area (Å²) in [5.74, 6) is -0.442. The number of anilines is 2. The van der Waals surface area contributed by atoms with Crippen molar-refractivity contribution in [3.63, 3.8) is 0 Å². The lowest BCUT2D eigenvalue weighted by molar-refractivity contribution is 0.101. The van der Waals surface area contributed by atoms with Crippen LogP contribution in [0.15, 0.2) is 32.5 Å². The molecule has 1 aromatic carbocycles. The molecule has 0 atom stereocenters. The zero-order chi connectivity index (χ0) is 20.9. The van der Waals surface area contributed by atoms with Gasteiger partial charge in [0.25, 0.3) is 10.2 Å². The first kappa shape index (κ1) is 21.4. The van der Waals surface area contributed by atoms with Gasteiger partial charge in [0.2, 0.25) is 11.7 Å². The van der Waals surface area contributed by atoms with Gasteiger partial charge in [0, 0.05) is 18.3 Å². The van der Waals surface area contributed by atoms with Crippen LogP contribution in [0.1, 0.15) is 18.5 Å². The predicted octanol–water partition coefficient (Wildman–Crippen LogP) is 1.15. The van der Waals surface area contributed by atoms with Gasteiger partial charge < -0.3 is 15.8 Å². The van der Waals surface area contributed by atoms with E-state index in [-0.39, 0.29) is 41.0 Å². The standard InChI is InChI=1S/C14H17BrFN7O5S/c15-10-7-9(3-4-11(10)16)18-14(19-24)12-13(21-28-20-12)17-5-6-27-23-29(25,26)22-8-1-2-8/h3-4,7-8,22-24H,1-2,5-6H2,(H,17,21)(H,18,19). The number of rotatable bonds is 10. The molecule has 1 saturated carbocycles. The van der Waals surface area contributed by atoms with Crippen molar-refractivity contribution >= 4 is 43.5 Å². The summed E-state index contributed by atoms with van der Waals surface area (Å²) in [6.07, 6.45) is 1.62. The fourth-order valence-corrected chi connectivity index (χ4v) is 3.43. The van der Waals surface area contributed by atoms with Gasteiger partial charge in [-0.1, -0.05) is 10.0 Å². The maximum Gasteiger partial charge on any atom is 0.299 e. The molecule has 1 aliphatic carbocycles. The van der Waals surface area contributed by atoms with Crippen molar-refractivity contribution in [1.29, 1.82) is 0 Å². The van der Waals surface area contributed by atoms with E-state index < -0.39 is 16.0 Å². The van der Waals surface area contributed by atoms with E-state index in [2.05, 4.69) is 51.4 Å². The van der Waals surface area contributed by atoms with E-state index in [0.29, 0.717) is 5.69 Å². The summed E-state index contributed by atoms with van der Waals surface area (Å²) in [7, 11) is -3.71. The predicted molar refractivity (Wildman–Crippen MR) is 103 cm³/mol. The fraction of sp³-hybridized carbons (Fsp3) is 0.357. The molecule has 15 heteroatoms. The van der Waals surface area contributed by atoms with Gasteiger partial charge in [0.05, 0.1) is 11.1 Å². The second-order valence-corrected chi connectivity index (χ2v) is 8.18. The maximum atomic E-state index is 13.3. The third kappa shape index (κ3) is 6.33. The lowest BCUT2D eigenvalue weighted by Crippen LogP contribution is -2.38. The molecule has 1 fully saturated rings. The van der Waals surface area contributed by atoms with Crippen molar-refractivity contribution in [1.82, 2.24) is 19.9 Å². The Labute approximate surface area is 173 Å². The van der Waals surface area contributed by atoms with Gasteiger partial charge in [-0.05, 0) is 57.3 Å². The zero-order valence-corrected chi connectivity index (χ0v) is 17.1. The quantitative estimate of drug-likeness (QED) is 0.107. The Morgan fingerprint density at radius 2 is 2.21 bits per heavy atom. The Bertz CT molecular complexity index is 982. The van der Waals surface area contributed by atoms with Crippen molar-refractivity contribution in [3.05, 3.63) is 34.2 Å². The number of nitrogens with one attached hydrogen (secondary N) is 4. The highest BCUT2D eigenvalue weighted by atomic mass is 79.9. The first-order valence-corrected chi connectivity index (χ1v) is 10.6. The van der Waals surface area contributed by atoms with E-state index in [1.54, 1.807) is 0 Å². The van der Waals surface area contributed by atoms with Crippen LogP contribution in [0.2, 0.25) is 0 Å². The highest BCUT2D eigenvalue weighted by molar-refractivity contribution is 9.10. The van der Waals surface area contributed by atoms with Gasteiger partial charge in [0.1, 0.15) is 5.82 Å². The average Bonchev–Trinajstić information content (AvgIpc) is 3.35. The van der Waals surface area contributed by atoms with Gasteiger partial charge in [0.15, 0.2) is 5.69 Å². The van der Waals surface area contributed by atoms with E-state index in [0.717, 1.165) is 12.8 Å². The normalized spacial score (nSPS) is 14.8. The summed E-state index contributed by atoms with van der Waals surface area (Å²) in [4.78, 5) is 6.85. The van der Waals surface area contributed by atoms with Gasteiger partial charge in [-0.3, -0.25) is 4.84 Å². The van der Waals surface area contributed by atoms with E-state index in [1.807, 2.05) is 4.89 Å². The van der Waals surface area contributed by atoms with Crippen LogP contribution in [0, 0.1) is 5.82 Å². The molecule has 12 nitrogen and oxygen atoms in total. The van der Waals surface area contributed by atoms with Crippen molar-refractivity contribution in [2.45, 2.75) is 18.9 Å². The van der Waals surface area contributed by atoms with Gasteiger partial charge in [-0.15, -0.1) is 0 Å². The lowest BCUT2D eigenvalue weighted by atomic mass is 10.3. The van der Waals surface area contributed by atoms with Gasteiger partial charge in [-0.2, -0.15) is 13.1 Å². The van der Waals surface area contributed by atoms with Crippen LogP contribution in [0.25, 0.3) is 0 Å². The molecule has 29 heavy (non-hydrogen) atoms. The number of oxime groups is 1. The summed E-state index contributed by atoms with van der Waals surface area (Å²) >= 11 is 3.06. The molecule has 0 amide bonds. The number of amidine groups is 1. The Morgan fingerprint density at radius 1 is 1.41 bits per heavy atom.